The summed E-state index contributed by atoms with van der Waals surface area (Å²) in [5, 5.41) is 0. The standard InChI is InChI=1S/C12H13BrO2/c1-2-4-10(14)12-7-8-9(13)5-3-6-11(8)15-12/h3,5-6,12H,2,4,7H2,1H3. The lowest BCUT2D eigenvalue weighted by Gasteiger charge is -2.07. The van der Waals surface area contributed by atoms with E-state index in [1.165, 1.54) is 0 Å². The monoisotopic (exact) mass is 268 g/mol. The van der Waals surface area contributed by atoms with Crippen LogP contribution < -0.4 is 4.74 Å². The summed E-state index contributed by atoms with van der Waals surface area (Å²) >= 11 is 3.47. The van der Waals surface area contributed by atoms with Crippen LogP contribution in [0.2, 0.25) is 0 Å². The van der Waals surface area contributed by atoms with Crippen LogP contribution in [0, 0.1) is 0 Å². The minimum absolute atomic E-state index is 0.209. The maximum Gasteiger partial charge on any atom is 0.173 e. The van der Waals surface area contributed by atoms with Gasteiger partial charge in [0, 0.05) is 22.9 Å². The first-order chi connectivity index (χ1) is 7.22. The topological polar surface area (TPSA) is 26.3 Å². The van der Waals surface area contributed by atoms with Crippen LogP contribution >= 0.6 is 15.9 Å². The number of carbonyl (C=O) groups excluding carboxylic acids is 1. The maximum absolute atomic E-state index is 11.7. The van der Waals surface area contributed by atoms with E-state index in [9.17, 15) is 4.79 Å². The molecule has 80 valence electrons. The van der Waals surface area contributed by atoms with E-state index >= 15 is 0 Å². The molecule has 1 unspecified atom stereocenters. The Bertz CT molecular complexity index is 387. The van der Waals surface area contributed by atoms with Gasteiger partial charge in [-0.25, -0.2) is 0 Å². The van der Waals surface area contributed by atoms with Gasteiger partial charge < -0.3 is 4.74 Å². The van der Waals surface area contributed by atoms with E-state index in [0.717, 1.165) is 22.2 Å². The van der Waals surface area contributed by atoms with Crippen LogP contribution in [-0.4, -0.2) is 11.9 Å². The van der Waals surface area contributed by atoms with E-state index in [-0.39, 0.29) is 11.9 Å². The Kier molecular flexibility index (Phi) is 3.10. The van der Waals surface area contributed by atoms with E-state index in [2.05, 4.69) is 15.9 Å². The summed E-state index contributed by atoms with van der Waals surface area (Å²) in [5.41, 5.74) is 1.12. The van der Waals surface area contributed by atoms with Crippen molar-refractivity contribution in [3.63, 3.8) is 0 Å². The Morgan fingerprint density at radius 2 is 2.40 bits per heavy atom. The number of carbonyl (C=O) groups is 1. The van der Waals surface area contributed by atoms with Crippen LogP contribution in [0.25, 0.3) is 0 Å². The zero-order valence-electron chi connectivity index (χ0n) is 8.63. The summed E-state index contributed by atoms with van der Waals surface area (Å²) in [7, 11) is 0. The van der Waals surface area contributed by atoms with Crippen molar-refractivity contribution in [2.45, 2.75) is 32.3 Å². The molecular weight excluding hydrogens is 256 g/mol. The van der Waals surface area contributed by atoms with Crippen LogP contribution in [0.1, 0.15) is 25.3 Å². The highest BCUT2D eigenvalue weighted by Crippen LogP contribution is 2.34. The highest BCUT2D eigenvalue weighted by molar-refractivity contribution is 9.10. The largest absolute Gasteiger partial charge is 0.482 e. The summed E-state index contributed by atoms with van der Waals surface area (Å²) in [4.78, 5) is 11.7. The molecule has 2 nitrogen and oxygen atoms in total. The van der Waals surface area contributed by atoms with Crippen LogP contribution in [0.3, 0.4) is 0 Å². The van der Waals surface area contributed by atoms with E-state index in [1.807, 2.05) is 25.1 Å². The van der Waals surface area contributed by atoms with Gasteiger partial charge in [-0.3, -0.25) is 4.79 Å². The van der Waals surface area contributed by atoms with Crippen LogP contribution in [0.5, 0.6) is 5.75 Å². The van der Waals surface area contributed by atoms with Gasteiger partial charge in [-0.05, 0) is 18.6 Å². The van der Waals surface area contributed by atoms with E-state index < -0.39 is 0 Å². The van der Waals surface area contributed by atoms with Gasteiger partial charge in [0.05, 0.1) is 0 Å². The van der Waals surface area contributed by atoms with Crippen molar-refractivity contribution < 1.29 is 9.53 Å². The first-order valence-electron chi connectivity index (χ1n) is 5.19. The summed E-state index contributed by atoms with van der Waals surface area (Å²) in [6, 6.07) is 5.82. The average Bonchev–Trinajstić information content (AvgIpc) is 2.63. The van der Waals surface area contributed by atoms with Crippen molar-refractivity contribution in [1.82, 2.24) is 0 Å². The molecule has 3 heteroatoms. The van der Waals surface area contributed by atoms with Gasteiger partial charge in [-0.1, -0.05) is 28.9 Å². The molecule has 0 N–H and O–H groups in total. The molecule has 0 saturated heterocycles. The average molecular weight is 269 g/mol. The highest BCUT2D eigenvalue weighted by Gasteiger charge is 2.29. The van der Waals surface area contributed by atoms with Gasteiger partial charge in [-0.15, -0.1) is 0 Å². The highest BCUT2D eigenvalue weighted by atomic mass is 79.9. The van der Waals surface area contributed by atoms with Crippen molar-refractivity contribution >= 4 is 21.7 Å². The van der Waals surface area contributed by atoms with Crippen LogP contribution in [0.15, 0.2) is 22.7 Å². The second-order valence-electron chi connectivity index (χ2n) is 3.74. The third-order valence-corrected chi connectivity index (χ3v) is 3.33. The first kappa shape index (κ1) is 10.7. The summed E-state index contributed by atoms with van der Waals surface area (Å²) < 4.78 is 6.66. The second kappa shape index (κ2) is 4.35. The summed E-state index contributed by atoms with van der Waals surface area (Å²) in [6.45, 7) is 2.01. The molecule has 1 aliphatic rings. The lowest BCUT2D eigenvalue weighted by Crippen LogP contribution is -2.24. The number of ether oxygens (including phenoxy) is 1. The fraction of sp³-hybridized carbons (Fsp3) is 0.417. The Morgan fingerprint density at radius 1 is 1.60 bits per heavy atom. The second-order valence-corrected chi connectivity index (χ2v) is 4.60. The number of ketones is 1. The fourth-order valence-corrected chi connectivity index (χ4v) is 2.32. The molecule has 15 heavy (non-hydrogen) atoms. The van der Waals surface area contributed by atoms with Gasteiger partial charge in [-0.2, -0.15) is 0 Å². The number of halogens is 1. The van der Waals surface area contributed by atoms with Gasteiger partial charge in [0.25, 0.3) is 0 Å². The number of hydrogen-bond donors (Lipinski definition) is 0. The van der Waals surface area contributed by atoms with Crippen molar-refractivity contribution in [3.8, 4) is 5.75 Å². The molecule has 2 rings (SSSR count). The molecule has 0 radical (unpaired) electrons. The van der Waals surface area contributed by atoms with Gasteiger partial charge >= 0.3 is 0 Å². The predicted octanol–water partition coefficient (Wildman–Crippen LogP) is 3.12. The van der Waals surface area contributed by atoms with E-state index in [0.29, 0.717) is 12.8 Å². The maximum atomic E-state index is 11.7. The van der Waals surface area contributed by atoms with Crippen molar-refractivity contribution in [2.24, 2.45) is 0 Å². The SMILES string of the molecule is CCCC(=O)C1Cc2c(Br)cccc2O1. The molecule has 0 bridgehead atoms. The van der Waals surface area contributed by atoms with Gasteiger partial charge in [0.2, 0.25) is 0 Å². The third-order valence-electron chi connectivity index (χ3n) is 2.59. The van der Waals surface area contributed by atoms with Gasteiger partial charge in [0.1, 0.15) is 5.75 Å². The molecule has 1 heterocycles. The molecule has 1 aliphatic heterocycles. The molecule has 0 spiro atoms. The zero-order valence-corrected chi connectivity index (χ0v) is 10.2. The number of Topliss-reactive ketones (excluding diaryl/α,β-unsaturated/α-hetero) is 1. The minimum Gasteiger partial charge on any atom is -0.482 e. The summed E-state index contributed by atoms with van der Waals surface area (Å²) in [5.74, 6) is 1.06. The predicted molar refractivity (Wildman–Crippen MR) is 62.2 cm³/mol. The third kappa shape index (κ3) is 2.07. The molecule has 0 fully saturated rings. The number of benzene rings is 1. The molecule has 1 aromatic carbocycles. The normalized spacial score (nSPS) is 18.4. The van der Waals surface area contributed by atoms with Crippen molar-refractivity contribution in [3.05, 3.63) is 28.2 Å². The van der Waals surface area contributed by atoms with Crippen LogP contribution in [0.4, 0.5) is 0 Å². The minimum atomic E-state index is -0.265. The molecule has 0 amide bonds. The fourth-order valence-electron chi connectivity index (χ4n) is 1.81. The molecule has 0 saturated carbocycles. The quantitative estimate of drug-likeness (QED) is 0.842. The number of hydrogen-bond acceptors (Lipinski definition) is 2. The molecule has 0 aliphatic carbocycles. The zero-order chi connectivity index (χ0) is 10.8. The Balaban J connectivity index is 2.15. The molecule has 1 aromatic rings. The van der Waals surface area contributed by atoms with E-state index in [4.69, 9.17) is 4.74 Å². The van der Waals surface area contributed by atoms with E-state index in [1.54, 1.807) is 0 Å². The lowest BCUT2D eigenvalue weighted by molar-refractivity contribution is -0.125. The smallest absolute Gasteiger partial charge is 0.173 e. The number of fused-ring (bicyclic) bond motifs is 1. The van der Waals surface area contributed by atoms with Crippen molar-refractivity contribution in [2.75, 3.05) is 0 Å². The van der Waals surface area contributed by atoms with Crippen molar-refractivity contribution in [1.29, 1.82) is 0 Å². The Labute approximate surface area is 97.8 Å². The summed E-state index contributed by atoms with van der Waals surface area (Å²) in [6.07, 6.45) is 1.93. The number of rotatable bonds is 3. The first-order valence-corrected chi connectivity index (χ1v) is 5.98. The molecular formula is C12H13BrO2. The lowest BCUT2D eigenvalue weighted by atomic mass is 10.0. The van der Waals surface area contributed by atoms with Crippen LogP contribution in [-0.2, 0) is 11.2 Å². The van der Waals surface area contributed by atoms with Gasteiger partial charge in [0.15, 0.2) is 11.9 Å². The Morgan fingerprint density at radius 3 is 3.07 bits per heavy atom. The molecule has 1 atom stereocenters. The Hall–Kier alpha value is -0.830. The molecule has 0 aromatic heterocycles.